The Morgan fingerprint density at radius 3 is 2.04 bits per heavy atom. The fourth-order valence-electron chi connectivity index (χ4n) is 2.88. The molecule has 1 unspecified atom stereocenters. The van der Waals surface area contributed by atoms with Gasteiger partial charge < -0.3 is 11.1 Å². The van der Waals surface area contributed by atoms with Gasteiger partial charge in [0.2, 0.25) is 0 Å². The van der Waals surface area contributed by atoms with Gasteiger partial charge in [-0.3, -0.25) is 0 Å². The van der Waals surface area contributed by atoms with Crippen molar-refractivity contribution in [3.63, 3.8) is 0 Å². The molecular formula is C23H24N2. The fourth-order valence-corrected chi connectivity index (χ4v) is 2.88. The second-order valence-electron chi connectivity index (χ2n) is 6.15. The molecule has 1 atom stereocenters. The molecule has 0 aliphatic rings. The number of nitrogens with two attached hydrogens (primary N) is 1. The highest BCUT2D eigenvalue weighted by Crippen LogP contribution is 2.24. The molecule has 126 valence electrons. The summed E-state index contributed by atoms with van der Waals surface area (Å²) in [6, 6.07) is 29.3. The highest BCUT2D eigenvalue weighted by atomic mass is 14.9. The van der Waals surface area contributed by atoms with Crippen LogP contribution in [0.3, 0.4) is 0 Å². The van der Waals surface area contributed by atoms with Crippen LogP contribution >= 0.6 is 0 Å². The van der Waals surface area contributed by atoms with Gasteiger partial charge in [-0.15, -0.1) is 0 Å². The van der Waals surface area contributed by atoms with Crippen LogP contribution < -0.4 is 11.1 Å². The van der Waals surface area contributed by atoms with Crippen molar-refractivity contribution in [2.75, 3.05) is 12.3 Å². The Morgan fingerprint density at radius 2 is 1.40 bits per heavy atom. The average molecular weight is 328 g/mol. The molecule has 3 aromatic rings. The lowest BCUT2D eigenvalue weighted by Crippen LogP contribution is -2.18. The summed E-state index contributed by atoms with van der Waals surface area (Å²) < 4.78 is 0. The smallest absolute Gasteiger partial charge is 0.0314 e. The molecule has 3 N–H and O–H groups in total. The third-order valence-corrected chi connectivity index (χ3v) is 4.34. The number of nitrogen functional groups attached to an aromatic ring is 1. The number of hydrogen-bond donors (Lipinski definition) is 2. The molecule has 0 heterocycles. The zero-order valence-corrected chi connectivity index (χ0v) is 14.5. The van der Waals surface area contributed by atoms with Gasteiger partial charge >= 0.3 is 0 Å². The molecule has 0 amide bonds. The van der Waals surface area contributed by atoms with Gasteiger partial charge in [-0.25, -0.2) is 0 Å². The van der Waals surface area contributed by atoms with Gasteiger partial charge in [-0.05, 0) is 41.3 Å². The Bertz CT molecular complexity index is 806. The largest absolute Gasteiger partial charge is 0.399 e. The average Bonchev–Trinajstić information content (AvgIpc) is 2.67. The van der Waals surface area contributed by atoms with Gasteiger partial charge in [-0.1, -0.05) is 78.9 Å². The van der Waals surface area contributed by atoms with E-state index in [0.29, 0.717) is 6.04 Å². The van der Waals surface area contributed by atoms with E-state index in [1.165, 1.54) is 22.3 Å². The summed E-state index contributed by atoms with van der Waals surface area (Å²) in [6.07, 6.45) is 2.25. The predicted octanol–water partition coefficient (Wildman–Crippen LogP) is 5.05. The van der Waals surface area contributed by atoms with E-state index in [1.807, 2.05) is 24.3 Å². The van der Waals surface area contributed by atoms with Crippen LogP contribution in [-0.4, -0.2) is 6.54 Å². The van der Waals surface area contributed by atoms with Crippen LogP contribution in [0.15, 0.2) is 91.0 Å². The summed E-state index contributed by atoms with van der Waals surface area (Å²) in [5.74, 6) is 0. The van der Waals surface area contributed by atoms with Crippen LogP contribution in [0, 0.1) is 0 Å². The predicted molar refractivity (Wildman–Crippen MR) is 107 cm³/mol. The lowest BCUT2D eigenvalue weighted by atomic mass is 9.97. The molecule has 0 spiro atoms. The first-order valence-electron chi connectivity index (χ1n) is 8.64. The van der Waals surface area contributed by atoms with Crippen molar-refractivity contribution in [2.45, 2.75) is 13.0 Å². The zero-order chi connectivity index (χ0) is 17.5. The van der Waals surface area contributed by atoms with E-state index in [9.17, 15) is 0 Å². The molecule has 2 heteroatoms. The van der Waals surface area contributed by atoms with Gasteiger partial charge in [0.15, 0.2) is 0 Å². The lowest BCUT2D eigenvalue weighted by Gasteiger charge is -2.14. The molecule has 0 saturated carbocycles. The molecule has 2 nitrogen and oxygen atoms in total. The maximum Gasteiger partial charge on any atom is 0.0314 e. The number of benzene rings is 3. The fraction of sp³-hybridized carbons (Fsp3) is 0.130. The van der Waals surface area contributed by atoms with Crippen LogP contribution in [0.2, 0.25) is 0 Å². The van der Waals surface area contributed by atoms with Gasteiger partial charge in [0, 0.05) is 18.3 Å². The summed E-state index contributed by atoms with van der Waals surface area (Å²) in [6.45, 7) is 2.99. The van der Waals surface area contributed by atoms with Crippen molar-refractivity contribution in [3.05, 3.63) is 108 Å². The Labute approximate surface area is 150 Å². The molecule has 0 aliphatic carbocycles. The second-order valence-corrected chi connectivity index (χ2v) is 6.15. The maximum absolute atomic E-state index is 5.84. The van der Waals surface area contributed by atoms with Crippen molar-refractivity contribution in [1.82, 2.24) is 5.32 Å². The first-order chi connectivity index (χ1) is 12.2. The molecule has 0 radical (unpaired) electrons. The Balaban J connectivity index is 1.79. The van der Waals surface area contributed by atoms with Crippen molar-refractivity contribution in [1.29, 1.82) is 0 Å². The maximum atomic E-state index is 5.84. The minimum atomic E-state index is 0.306. The summed E-state index contributed by atoms with van der Waals surface area (Å²) in [7, 11) is 0. The van der Waals surface area contributed by atoms with E-state index in [1.54, 1.807) is 0 Å². The summed E-state index contributed by atoms with van der Waals surface area (Å²) in [4.78, 5) is 0. The van der Waals surface area contributed by atoms with Crippen LogP contribution in [-0.2, 0) is 0 Å². The summed E-state index contributed by atoms with van der Waals surface area (Å²) >= 11 is 0. The molecule has 3 rings (SSSR count). The monoisotopic (exact) mass is 328 g/mol. The van der Waals surface area contributed by atoms with Crippen LogP contribution in [0.4, 0.5) is 5.69 Å². The molecule has 3 aromatic carbocycles. The van der Waals surface area contributed by atoms with E-state index in [-0.39, 0.29) is 0 Å². The van der Waals surface area contributed by atoms with Crippen LogP contribution in [0.1, 0.15) is 29.7 Å². The Morgan fingerprint density at radius 1 is 0.840 bits per heavy atom. The van der Waals surface area contributed by atoms with E-state index in [2.05, 4.69) is 79.0 Å². The molecule has 0 saturated heterocycles. The number of rotatable bonds is 6. The zero-order valence-electron chi connectivity index (χ0n) is 14.5. The molecular weight excluding hydrogens is 304 g/mol. The molecule has 0 bridgehead atoms. The number of nitrogens with one attached hydrogen (secondary N) is 1. The molecule has 0 aromatic heterocycles. The minimum absolute atomic E-state index is 0.306. The van der Waals surface area contributed by atoms with Crippen molar-refractivity contribution < 1.29 is 0 Å². The molecule has 0 aliphatic heterocycles. The Hall–Kier alpha value is -2.84. The SMILES string of the molecule is CC(NCC=C(c1ccccc1)c1ccc(N)cc1)c1ccccc1. The van der Waals surface area contributed by atoms with E-state index in [4.69, 9.17) is 5.73 Å². The summed E-state index contributed by atoms with van der Waals surface area (Å²) in [5, 5.41) is 3.58. The van der Waals surface area contributed by atoms with Crippen molar-refractivity contribution in [2.24, 2.45) is 0 Å². The van der Waals surface area contributed by atoms with Crippen molar-refractivity contribution in [3.8, 4) is 0 Å². The van der Waals surface area contributed by atoms with E-state index < -0.39 is 0 Å². The second kappa shape index (κ2) is 8.32. The van der Waals surface area contributed by atoms with Gasteiger partial charge in [0.1, 0.15) is 0 Å². The first-order valence-corrected chi connectivity index (χ1v) is 8.64. The quantitative estimate of drug-likeness (QED) is 0.621. The normalized spacial score (nSPS) is 12.8. The first kappa shape index (κ1) is 17.0. The van der Waals surface area contributed by atoms with Crippen molar-refractivity contribution >= 4 is 11.3 Å². The standard InChI is InChI=1S/C23H24N2/c1-18(19-8-4-2-5-9-19)25-17-16-23(20-10-6-3-7-11-20)21-12-14-22(24)15-13-21/h2-16,18,25H,17,24H2,1H3. The summed E-state index contributed by atoms with van der Waals surface area (Å²) in [5.41, 5.74) is 11.5. The van der Waals surface area contributed by atoms with Gasteiger partial charge in [0.05, 0.1) is 0 Å². The van der Waals surface area contributed by atoms with E-state index in [0.717, 1.165) is 12.2 Å². The lowest BCUT2D eigenvalue weighted by molar-refractivity contribution is 0.618. The Kier molecular flexibility index (Phi) is 5.65. The number of anilines is 1. The highest BCUT2D eigenvalue weighted by Gasteiger charge is 2.06. The minimum Gasteiger partial charge on any atom is -0.399 e. The van der Waals surface area contributed by atoms with Gasteiger partial charge in [-0.2, -0.15) is 0 Å². The highest BCUT2D eigenvalue weighted by molar-refractivity contribution is 5.80. The number of hydrogen-bond acceptors (Lipinski definition) is 2. The molecule has 0 fully saturated rings. The van der Waals surface area contributed by atoms with E-state index >= 15 is 0 Å². The van der Waals surface area contributed by atoms with Gasteiger partial charge in [0.25, 0.3) is 0 Å². The third-order valence-electron chi connectivity index (χ3n) is 4.34. The van der Waals surface area contributed by atoms with Crippen LogP contribution in [0.25, 0.3) is 5.57 Å². The van der Waals surface area contributed by atoms with Crippen LogP contribution in [0.5, 0.6) is 0 Å². The topological polar surface area (TPSA) is 38.0 Å². The molecule has 25 heavy (non-hydrogen) atoms. The third kappa shape index (κ3) is 4.59.